The van der Waals surface area contributed by atoms with E-state index in [1.807, 2.05) is 43.3 Å². The van der Waals surface area contributed by atoms with Crippen LogP contribution >= 0.6 is 0 Å². The van der Waals surface area contributed by atoms with Crippen LogP contribution in [-0.4, -0.2) is 53.6 Å². The number of H-pyrrole nitrogens is 1. The molecule has 3 aromatic rings. The number of aromatic hydroxyl groups is 1. The number of phenolic OH excluding ortho intramolecular Hbond substituents is 1. The Bertz CT molecular complexity index is 976. The molecule has 1 aromatic heterocycles. The molecular formula is C24H29N3O3. The number of aromatic amines is 1. The Labute approximate surface area is 177 Å². The highest BCUT2D eigenvalue weighted by Gasteiger charge is 2.18. The summed E-state index contributed by atoms with van der Waals surface area (Å²) in [5, 5.41) is 18.2. The van der Waals surface area contributed by atoms with Crippen molar-refractivity contribution in [2.75, 3.05) is 33.4 Å². The van der Waals surface area contributed by atoms with Crippen LogP contribution in [0.1, 0.15) is 25.0 Å². The Hall–Kier alpha value is -2.99. The van der Waals surface area contributed by atoms with E-state index in [0.717, 1.165) is 47.9 Å². The van der Waals surface area contributed by atoms with Crippen molar-refractivity contribution in [3.8, 4) is 39.6 Å². The number of likely N-dealkylation sites (tertiary alicyclic amines) is 1. The van der Waals surface area contributed by atoms with Gasteiger partial charge in [0.1, 0.15) is 29.5 Å². The molecule has 0 spiro atoms. The molecule has 1 aliphatic rings. The molecule has 0 aliphatic carbocycles. The minimum atomic E-state index is 0.159. The zero-order valence-corrected chi connectivity index (χ0v) is 17.6. The van der Waals surface area contributed by atoms with Gasteiger partial charge in [-0.2, -0.15) is 5.10 Å². The Balaban J connectivity index is 1.50. The number of methoxy groups -OCH3 is 1. The third-order valence-corrected chi connectivity index (χ3v) is 5.68. The van der Waals surface area contributed by atoms with Crippen molar-refractivity contribution in [2.45, 2.75) is 26.2 Å². The van der Waals surface area contributed by atoms with E-state index in [2.05, 4.69) is 15.1 Å². The first-order valence-electron chi connectivity index (χ1n) is 10.5. The second kappa shape index (κ2) is 9.22. The number of aryl methyl sites for hydroxylation is 1. The highest BCUT2D eigenvalue weighted by atomic mass is 16.5. The molecule has 158 valence electrons. The second-order valence-electron chi connectivity index (χ2n) is 7.73. The van der Waals surface area contributed by atoms with Crippen molar-refractivity contribution in [1.29, 1.82) is 0 Å². The molecule has 30 heavy (non-hydrogen) atoms. The number of phenols is 1. The molecule has 2 N–H and O–H groups in total. The Morgan fingerprint density at radius 3 is 2.47 bits per heavy atom. The minimum Gasteiger partial charge on any atom is -0.507 e. The van der Waals surface area contributed by atoms with Crippen molar-refractivity contribution < 1.29 is 14.6 Å². The SMILES string of the molecule is COc1ccc(-c2c(-c3ccc(OCCN4CCCCC4)cc3O)n[nH]c2C)cc1. The van der Waals surface area contributed by atoms with Crippen molar-refractivity contribution in [3.63, 3.8) is 0 Å². The van der Waals surface area contributed by atoms with Crippen LogP contribution in [0.3, 0.4) is 0 Å². The van der Waals surface area contributed by atoms with Gasteiger partial charge in [-0.25, -0.2) is 0 Å². The van der Waals surface area contributed by atoms with E-state index in [0.29, 0.717) is 17.9 Å². The molecule has 0 saturated carbocycles. The van der Waals surface area contributed by atoms with E-state index in [-0.39, 0.29) is 5.75 Å². The van der Waals surface area contributed by atoms with Gasteiger partial charge in [-0.05, 0) is 62.7 Å². The molecule has 0 amide bonds. The van der Waals surface area contributed by atoms with E-state index in [1.54, 1.807) is 13.2 Å². The first-order chi connectivity index (χ1) is 14.7. The van der Waals surface area contributed by atoms with Gasteiger partial charge in [0.05, 0.1) is 7.11 Å². The fourth-order valence-corrected chi connectivity index (χ4v) is 4.01. The highest BCUT2D eigenvalue weighted by molar-refractivity contribution is 5.85. The summed E-state index contributed by atoms with van der Waals surface area (Å²) < 4.78 is 11.1. The summed E-state index contributed by atoms with van der Waals surface area (Å²) in [5.74, 6) is 1.63. The van der Waals surface area contributed by atoms with Gasteiger partial charge in [0.25, 0.3) is 0 Å². The third-order valence-electron chi connectivity index (χ3n) is 5.68. The third kappa shape index (κ3) is 4.44. The van der Waals surface area contributed by atoms with Crippen molar-refractivity contribution in [2.24, 2.45) is 0 Å². The normalized spacial score (nSPS) is 14.6. The average molecular weight is 408 g/mol. The first-order valence-corrected chi connectivity index (χ1v) is 10.5. The first kappa shape index (κ1) is 20.3. The zero-order valence-electron chi connectivity index (χ0n) is 17.6. The van der Waals surface area contributed by atoms with Gasteiger partial charge in [0, 0.05) is 29.4 Å². The van der Waals surface area contributed by atoms with Gasteiger partial charge in [-0.3, -0.25) is 10.00 Å². The molecule has 1 fully saturated rings. The number of piperidine rings is 1. The summed E-state index contributed by atoms with van der Waals surface area (Å²) in [6.07, 6.45) is 3.88. The van der Waals surface area contributed by atoms with Crippen LogP contribution in [0.5, 0.6) is 17.2 Å². The Morgan fingerprint density at radius 2 is 1.77 bits per heavy atom. The lowest BCUT2D eigenvalue weighted by Gasteiger charge is -2.26. The van der Waals surface area contributed by atoms with E-state index in [4.69, 9.17) is 9.47 Å². The Kier molecular flexibility index (Phi) is 6.23. The molecule has 1 aliphatic heterocycles. The molecule has 6 heteroatoms. The summed E-state index contributed by atoms with van der Waals surface area (Å²) in [6.45, 7) is 5.83. The quantitative estimate of drug-likeness (QED) is 0.597. The van der Waals surface area contributed by atoms with Gasteiger partial charge in [-0.15, -0.1) is 0 Å². The Morgan fingerprint density at radius 1 is 1.03 bits per heavy atom. The van der Waals surface area contributed by atoms with Crippen molar-refractivity contribution >= 4 is 0 Å². The molecule has 1 saturated heterocycles. The summed E-state index contributed by atoms with van der Waals surface area (Å²) in [6, 6.07) is 13.3. The van der Waals surface area contributed by atoms with Crippen molar-refractivity contribution in [3.05, 3.63) is 48.2 Å². The van der Waals surface area contributed by atoms with Crippen LogP contribution in [0.25, 0.3) is 22.4 Å². The second-order valence-corrected chi connectivity index (χ2v) is 7.73. The topological polar surface area (TPSA) is 70.6 Å². The fraction of sp³-hybridized carbons (Fsp3) is 0.375. The fourth-order valence-electron chi connectivity index (χ4n) is 4.01. The van der Waals surface area contributed by atoms with Crippen LogP contribution in [-0.2, 0) is 0 Å². The molecule has 6 nitrogen and oxygen atoms in total. The van der Waals surface area contributed by atoms with E-state index < -0.39 is 0 Å². The van der Waals surface area contributed by atoms with E-state index >= 15 is 0 Å². The lowest BCUT2D eigenvalue weighted by molar-refractivity contribution is 0.183. The summed E-state index contributed by atoms with van der Waals surface area (Å²) in [5.41, 5.74) is 4.31. The lowest BCUT2D eigenvalue weighted by atomic mass is 9.98. The van der Waals surface area contributed by atoms with Gasteiger partial charge in [-0.1, -0.05) is 18.6 Å². The number of hydrogen-bond acceptors (Lipinski definition) is 5. The minimum absolute atomic E-state index is 0.159. The predicted molar refractivity (Wildman–Crippen MR) is 118 cm³/mol. The maximum atomic E-state index is 10.7. The van der Waals surface area contributed by atoms with Crippen LogP contribution < -0.4 is 9.47 Å². The maximum Gasteiger partial charge on any atom is 0.128 e. The molecule has 0 bridgehead atoms. The van der Waals surface area contributed by atoms with Crippen LogP contribution in [0.15, 0.2) is 42.5 Å². The predicted octanol–water partition coefficient (Wildman–Crippen LogP) is 4.63. The molecule has 0 unspecified atom stereocenters. The van der Waals surface area contributed by atoms with E-state index in [9.17, 15) is 5.11 Å². The standard InChI is InChI=1S/C24H29N3O3/c1-17-23(18-6-8-19(29-2)9-7-18)24(26-25-17)21-11-10-20(16-22(21)28)30-15-14-27-12-4-3-5-13-27/h6-11,16,28H,3-5,12-15H2,1-2H3,(H,25,26). The monoisotopic (exact) mass is 407 g/mol. The summed E-state index contributed by atoms with van der Waals surface area (Å²) in [4.78, 5) is 2.44. The van der Waals surface area contributed by atoms with Crippen LogP contribution in [0.2, 0.25) is 0 Å². The number of ether oxygens (including phenoxy) is 2. The molecule has 4 rings (SSSR count). The van der Waals surface area contributed by atoms with Crippen LogP contribution in [0.4, 0.5) is 0 Å². The highest BCUT2D eigenvalue weighted by Crippen LogP contribution is 2.39. The summed E-state index contributed by atoms with van der Waals surface area (Å²) in [7, 11) is 1.65. The lowest BCUT2D eigenvalue weighted by Crippen LogP contribution is -2.33. The molecular weight excluding hydrogens is 378 g/mol. The van der Waals surface area contributed by atoms with E-state index in [1.165, 1.54) is 19.3 Å². The van der Waals surface area contributed by atoms with Gasteiger partial charge < -0.3 is 14.6 Å². The number of rotatable bonds is 7. The largest absolute Gasteiger partial charge is 0.507 e. The molecule has 0 atom stereocenters. The molecule has 2 aromatic carbocycles. The molecule has 2 heterocycles. The van der Waals surface area contributed by atoms with Crippen molar-refractivity contribution in [1.82, 2.24) is 15.1 Å². The number of benzene rings is 2. The average Bonchev–Trinajstić information content (AvgIpc) is 3.16. The van der Waals surface area contributed by atoms with Gasteiger partial charge >= 0.3 is 0 Å². The maximum absolute atomic E-state index is 10.7. The summed E-state index contributed by atoms with van der Waals surface area (Å²) >= 11 is 0. The van der Waals surface area contributed by atoms with Gasteiger partial charge in [0.15, 0.2) is 0 Å². The van der Waals surface area contributed by atoms with Gasteiger partial charge in [0.2, 0.25) is 0 Å². The number of aromatic nitrogens is 2. The molecule has 0 radical (unpaired) electrons. The zero-order chi connectivity index (χ0) is 20.9. The smallest absolute Gasteiger partial charge is 0.128 e. The number of nitrogens with one attached hydrogen (secondary N) is 1. The van der Waals surface area contributed by atoms with Crippen LogP contribution in [0, 0.1) is 6.92 Å². The number of hydrogen-bond donors (Lipinski definition) is 2. The number of nitrogens with zero attached hydrogens (tertiary/aromatic N) is 2.